The molecule has 2 saturated heterocycles. The Morgan fingerprint density at radius 2 is 1.96 bits per heavy atom. The van der Waals surface area contributed by atoms with E-state index in [2.05, 4.69) is 15.1 Å². The average molecular weight is 341 g/mol. The van der Waals surface area contributed by atoms with Gasteiger partial charge in [-0.1, -0.05) is 24.4 Å². The van der Waals surface area contributed by atoms with E-state index in [-0.39, 0.29) is 18.4 Å². The second kappa shape index (κ2) is 7.64. The normalized spacial score (nSPS) is 26.4. The van der Waals surface area contributed by atoms with Crippen LogP contribution in [0.4, 0.5) is 0 Å². The van der Waals surface area contributed by atoms with E-state index >= 15 is 0 Å². The lowest BCUT2D eigenvalue weighted by atomic mass is 9.96. The summed E-state index contributed by atoms with van der Waals surface area (Å²) in [5.41, 5.74) is 0.346. The summed E-state index contributed by atoms with van der Waals surface area (Å²) >= 11 is 5.99. The summed E-state index contributed by atoms with van der Waals surface area (Å²) in [6.07, 6.45) is 6.58. The molecule has 2 atom stereocenters. The Morgan fingerprint density at radius 1 is 1.26 bits per heavy atom. The minimum atomic E-state index is -0.121. The lowest BCUT2D eigenvalue weighted by Crippen LogP contribution is -2.35. The molecule has 1 aromatic rings. The molecule has 0 aliphatic carbocycles. The molecule has 2 N–H and O–H groups in total. The molecule has 0 unspecified atom stereocenters. The summed E-state index contributed by atoms with van der Waals surface area (Å²) in [5.74, 6) is 0.344. The van der Waals surface area contributed by atoms with Gasteiger partial charge in [0.05, 0.1) is 11.2 Å². The zero-order chi connectivity index (χ0) is 16.2. The van der Waals surface area contributed by atoms with Crippen molar-refractivity contribution < 1.29 is 9.90 Å². The maximum Gasteiger partial charge on any atom is 0.273 e. The molecule has 128 valence electrons. The Kier molecular flexibility index (Phi) is 5.56. The molecule has 7 heteroatoms. The van der Waals surface area contributed by atoms with E-state index in [0.717, 1.165) is 19.6 Å². The highest BCUT2D eigenvalue weighted by Gasteiger charge is 2.37. The number of hydrogen-bond donors (Lipinski definition) is 2. The minimum Gasteiger partial charge on any atom is -0.396 e. The summed E-state index contributed by atoms with van der Waals surface area (Å²) in [6.45, 7) is 4.62. The SMILES string of the molecule is O=C(c1[nH]ncc1Cl)N1C[C@@H](CO)[C@@H](CN2CCCCCC2)C1. The number of hydrogen-bond acceptors (Lipinski definition) is 4. The van der Waals surface area contributed by atoms with Gasteiger partial charge in [-0.2, -0.15) is 5.10 Å². The number of likely N-dealkylation sites (tertiary alicyclic amines) is 2. The lowest BCUT2D eigenvalue weighted by molar-refractivity contribution is 0.0773. The van der Waals surface area contributed by atoms with Crippen LogP contribution in [0.3, 0.4) is 0 Å². The van der Waals surface area contributed by atoms with Crippen LogP contribution >= 0.6 is 11.6 Å². The molecule has 3 heterocycles. The second-order valence-electron chi connectivity index (χ2n) is 6.72. The molecular weight excluding hydrogens is 316 g/mol. The van der Waals surface area contributed by atoms with E-state index in [4.69, 9.17) is 11.6 Å². The third kappa shape index (κ3) is 3.87. The monoisotopic (exact) mass is 340 g/mol. The standard InChI is InChI=1S/C16H25ClN4O2/c17-14-7-18-19-15(14)16(23)21-9-12(13(10-21)11-22)8-20-5-3-1-2-4-6-20/h7,12-13,22H,1-6,8-11H2,(H,18,19)/t12-,13-/m0/s1. The number of aliphatic hydroxyl groups is 1. The largest absolute Gasteiger partial charge is 0.396 e. The smallest absolute Gasteiger partial charge is 0.273 e. The Morgan fingerprint density at radius 3 is 2.57 bits per heavy atom. The number of aromatic nitrogens is 2. The van der Waals surface area contributed by atoms with Crippen LogP contribution in [0.15, 0.2) is 6.20 Å². The third-order valence-corrected chi connectivity index (χ3v) is 5.38. The first kappa shape index (κ1) is 16.7. The molecule has 2 fully saturated rings. The van der Waals surface area contributed by atoms with Gasteiger partial charge in [0.25, 0.3) is 5.91 Å². The number of H-pyrrole nitrogens is 1. The van der Waals surface area contributed by atoms with Gasteiger partial charge < -0.3 is 14.9 Å². The van der Waals surface area contributed by atoms with E-state index in [1.807, 2.05) is 0 Å². The topological polar surface area (TPSA) is 72.5 Å². The molecule has 0 aromatic carbocycles. The molecule has 0 saturated carbocycles. The molecule has 1 aromatic heterocycles. The van der Waals surface area contributed by atoms with Gasteiger partial charge >= 0.3 is 0 Å². The van der Waals surface area contributed by atoms with Crippen LogP contribution in [0.2, 0.25) is 5.02 Å². The van der Waals surface area contributed by atoms with Crippen LogP contribution in [0, 0.1) is 11.8 Å². The second-order valence-corrected chi connectivity index (χ2v) is 7.13. The van der Waals surface area contributed by atoms with Crippen molar-refractivity contribution >= 4 is 17.5 Å². The average Bonchev–Trinajstić information content (AvgIpc) is 3.06. The van der Waals surface area contributed by atoms with Crippen molar-refractivity contribution in [3.63, 3.8) is 0 Å². The number of aromatic amines is 1. The molecule has 0 bridgehead atoms. The van der Waals surface area contributed by atoms with Crippen LogP contribution < -0.4 is 0 Å². The fourth-order valence-electron chi connectivity index (χ4n) is 3.75. The highest BCUT2D eigenvalue weighted by atomic mass is 35.5. The van der Waals surface area contributed by atoms with E-state index in [0.29, 0.717) is 29.7 Å². The first-order valence-electron chi connectivity index (χ1n) is 8.50. The van der Waals surface area contributed by atoms with Gasteiger partial charge in [0.2, 0.25) is 0 Å². The van der Waals surface area contributed by atoms with E-state index in [1.165, 1.54) is 31.9 Å². The zero-order valence-electron chi connectivity index (χ0n) is 13.4. The summed E-state index contributed by atoms with van der Waals surface area (Å²) in [6, 6.07) is 0. The predicted octanol–water partition coefficient (Wildman–Crippen LogP) is 1.62. The number of nitrogens with zero attached hydrogens (tertiary/aromatic N) is 3. The first-order valence-corrected chi connectivity index (χ1v) is 8.88. The van der Waals surface area contributed by atoms with Gasteiger partial charge in [-0.15, -0.1) is 0 Å². The predicted molar refractivity (Wildman–Crippen MR) is 88.5 cm³/mol. The summed E-state index contributed by atoms with van der Waals surface area (Å²) in [5, 5.41) is 16.5. The summed E-state index contributed by atoms with van der Waals surface area (Å²) in [7, 11) is 0. The molecule has 3 rings (SSSR count). The summed E-state index contributed by atoms with van der Waals surface area (Å²) in [4.78, 5) is 16.9. The fraction of sp³-hybridized carbons (Fsp3) is 0.750. The zero-order valence-corrected chi connectivity index (χ0v) is 14.1. The van der Waals surface area contributed by atoms with Crippen LogP contribution in [0.5, 0.6) is 0 Å². The van der Waals surface area contributed by atoms with Crippen LogP contribution in [-0.4, -0.2) is 70.3 Å². The molecule has 0 radical (unpaired) electrons. The molecule has 1 amide bonds. The highest BCUT2D eigenvalue weighted by Crippen LogP contribution is 2.27. The van der Waals surface area contributed by atoms with Crippen molar-refractivity contribution in [3.8, 4) is 0 Å². The van der Waals surface area contributed by atoms with Crippen molar-refractivity contribution in [3.05, 3.63) is 16.9 Å². The molecule has 2 aliphatic heterocycles. The summed E-state index contributed by atoms with van der Waals surface area (Å²) < 4.78 is 0. The molecular formula is C16H25ClN4O2. The Hall–Kier alpha value is -1.11. The maximum absolute atomic E-state index is 12.6. The van der Waals surface area contributed by atoms with Gasteiger partial charge in [-0.05, 0) is 31.8 Å². The van der Waals surface area contributed by atoms with Gasteiger partial charge in [0.15, 0.2) is 0 Å². The Balaban J connectivity index is 1.63. The van der Waals surface area contributed by atoms with Crippen LogP contribution in [-0.2, 0) is 0 Å². The third-order valence-electron chi connectivity index (χ3n) is 5.10. The van der Waals surface area contributed by atoms with Crippen molar-refractivity contribution in [2.24, 2.45) is 11.8 Å². The van der Waals surface area contributed by atoms with E-state index in [9.17, 15) is 9.90 Å². The van der Waals surface area contributed by atoms with Crippen LogP contribution in [0.1, 0.15) is 36.2 Å². The number of amides is 1. The quantitative estimate of drug-likeness (QED) is 0.873. The minimum absolute atomic E-state index is 0.121. The van der Waals surface area contributed by atoms with Crippen LogP contribution in [0.25, 0.3) is 0 Å². The van der Waals surface area contributed by atoms with Crippen molar-refractivity contribution in [1.82, 2.24) is 20.0 Å². The van der Waals surface area contributed by atoms with Crippen molar-refractivity contribution in [2.45, 2.75) is 25.7 Å². The number of nitrogens with one attached hydrogen (secondary N) is 1. The number of aliphatic hydroxyl groups excluding tert-OH is 1. The van der Waals surface area contributed by atoms with Crippen molar-refractivity contribution in [2.75, 3.05) is 39.3 Å². The molecule has 2 aliphatic rings. The Labute approximate surface area is 141 Å². The number of carbonyl (C=O) groups is 1. The number of carbonyl (C=O) groups excluding carboxylic acids is 1. The lowest BCUT2D eigenvalue weighted by Gasteiger charge is -2.26. The van der Waals surface area contributed by atoms with Gasteiger partial charge in [0.1, 0.15) is 5.69 Å². The number of rotatable bonds is 4. The maximum atomic E-state index is 12.6. The molecule has 6 nitrogen and oxygen atoms in total. The number of halogens is 1. The van der Waals surface area contributed by atoms with Gasteiger partial charge in [-0.3, -0.25) is 9.89 Å². The van der Waals surface area contributed by atoms with Gasteiger partial charge in [-0.25, -0.2) is 0 Å². The first-order chi connectivity index (χ1) is 11.2. The molecule has 0 spiro atoms. The molecule has 23 heavy (non-hydrogen) atoms. The highest BCUT2D eigenvalue weighted by molar-refractivity contribution is 6.33. The fourth-order valence-corrected chi connectivity index (χ4v) is 3.92. The Bertz CT molecular complexity index is 528. The van der Waals surface area contributed by atoms with Crippen molar-refractivity contribution in [1.29, 1.82) is 0 Å². The van der Waals surface area contributed by atoms with E-state index in [1.54, 1.807) is 4.90 Å². The van der Waals surface area contributed by atoms with E-state index < -0.39 is 0 Å². The van der Waals surface area contributed by atoms with Gasteiger partial charge in [0, 0.05) is 32.2 Å².